The van der Waals surface area contributed by atoms with Crippen LogP contribution in [0.15, 0.2) is 58.6 Å². The summed E-state index contributed by atoms with van der Waals surface area (Å²) in [6.07, 6.45) is 0. The van der Waals surface area contributed by atoms with Crippen LogP contribution in [-0.4, -0.2) is 14.8 Å². The summed E-state index contributed by atoms with van der Waals surface area (Å²) in [6, 6.07) is 18.4. The SMILES string of the molecule is Cc1ccc(SCc2nnc(SCc3ccccc3C#N)n2C)cc1. The van der Waals surface area contributed by atoms with Gasteiger partial charge in [-0.05, 0) is 30.7 Å². The molecule has 0 radical (unpaired) electrons. The van der Waals surface area contributed by atoms with Gasteiger partial charge in [-0.25, -0.2) is 0 Å². The highest BCUT2D eigenvalue weighted by Gasteiger charge is 2.11. The molecule has 0 unspecified atom stereocenters. The highest BCUT2D eigenvalue weighted by atomic mass is 32.2. The van der Waals surface area contributed by atoms with Gasteiger partial charge in [0.25, 0.3) is 0 Å². The third-order valence-electron chi connectivity index (χ3n) is 3.81. The molecule has 6 heteroatoms. The van der Waals surface area contributed by atoms with Crippen molar-refractivity contribution < 1.29 is 0 Å². The second-order valence-electron chi connectivity index (χ2n) is 5.62. The molecule has 126 valence electrons. The molecule has 0 spiro atoms. The zero-order valence-corrected chi connectivity index (χ0v) is 15.8. The third-order valence-corrected chi connectivity index (χ3v) is 5.89. The van der Waals surface area contributed by atoms with Gasteiger partial charge in [-0.2, -0.15) is 5.26 Å². The van der Waals surface area contributed by atoms with Gasteiger partial charge in [0, 0.05) is 17.7 Å². The maximum atomic E-state index is 9.17. The van der Waals surface area contributed by atoms with E-state index in [4.69, 9.17) is 0 Å². The maximum absolute atomic E-state index is 9.17. The second-order valence-corrected chi connectivity index (χ2v) is 7.61. The predicted molar refractivity (Wildman–Crippen MR) is 102 cm³/mol. The molecule has 0 bridgehead atoms. The molecule has 4 nitrogen and oxygen atoms in total. The van der Waals surface area contributed by atoms with Crippen LogP contribution in [0.4, 0.5) is 0 Å². The molecule has 0 atom stereocenters. The Morgan fingerprint density at radius 1 is 1.00 bits per heavy atom. The molecule has 25 heavy (non-hydrogen) atoms. The first kappa shape index (κ1) is 17.6. The van der Waals surface area contributed by atoms with Crippen LogP contribution < -0.4 is 0 Å². The number of aryl methyl sites for hydroxylation is 1. The molecule has 0 fully saturated rings. The molecule has 0 N–H and O–H groups in total. The highest BCUT2D eigenvalue weighted by Crippen LogP contribution is 2.26. The van der Waals surface area contributed by atoms with Gasteiger partial charge in [0.2, 0.25) is 0 Å². The van der Waals surface area contributed by atoms with Crippen LogP contribution in [0.25, 0.3) is 0 Å². The Hall–Kier alpha value is -2.23. The molecule has 1 heterocycles. The number of rotatable bonds is 6. The van der Waals surface area contributed by atoms with E-state index < -0.39 is 0 Å². The van der Waals surface area contributed by atoms with Crippen molar-refractivity contribution >= 4 is 23.5 Å². The lowest BCUT2D eigenvalue weighted by atomic mass is 10.1. The summed E-state index contributed by atoms with van der Waals surface area (Å²) >= 11 is 3.36. The van der Waals surface area contributed by atoms with Crippen LogP contribution in [0.5, 0.6) is 0 Å². The monoisotopic (exact) mass is 366 g/mol. The minimum atomic E-state index is 0.709. The molecule has 1 aromatic heterocycles. The van der Waals surface area contributed by atoms with E-state index in [1.165, 1.54) is 10.5 Å². The first-order chi connectivity index (χ1) is 12.2. The Labute approximate surface area is 156 Å². The van der Waals surface area contributed by atoms with E-state index in [2.05, 4.69) is 47.5 Å². The molecule has 0 aliphatic rings. The predicted octanol–water partition coefficient (Wildman–Crippen LogP) is 4.58. The van der Waals surface area contributed by atoms with Gasteiger partial charge in [0.05, 0.1) is 17.4 Å². The molecule has 2 aromatic carbocycles. The van der Waals surface area contributed by atoms with E-state index >= 15 is 0 Å². The van der Waals surface area contributed by atoms with Crippen molar-refractivity contribution in [2.45, 2.75) is 28.5 Å². The van der Waals surface area contributed by atoms with E-state index in [9.17, 15) is 5.26 Å². The Morgan fingerprint density at radius 2 is 1.76 bits per heavy atom. The Kier molecular flexibility index (Phi) is 5.79. The number of nitrogens with zero attached hydrogens (tertiary/aromatic N) is 4. The fraction of sp³-hybridized carbons (Fsp3) is 0.211. The molecule has 3 aromatic rings. The van der Waals surface area contributed by atoms with Gasteiger partial charge >= 0.3 is 0 Å². The lowest BCUT2D eigenvalue weighted by Crippen LogP contribution is -1.98. The Balaban J connectivity index is 1.63. The summed E-state index contributed by atoms with van der Waals surface area (Å²) in [5, 5.41) is 18.6. The van der Waals surface area contributed by atoms with Crippen LogP contribution in [-0.2, 0) is 18.6 Å². The molecule has 0 aliphatic heterocycles. The summed E-state index contributed by atoms with van der Waals surface area (Å²) in [7, 11) is 1.99. The number of benzene rings is 2. The van der Waals surface area contributed by atoms with Crippen molar-refractivity contribution in [3.63, 3.8) is 0 Å². The van der Waals surface area contributed by atoms with Crippen LogP contribution >= 0.6 is 23.5 Å². The average molecular weight is 367 g/mol. The van der Waals surface area contributed by atoms with E-state index in [-0.39, 0.29) is 0 Å². The molecule has 0 saturated heterocycles. The van der Waals surface area contributed by atoms with E-state index in [0.29, 0.717) is 11.3 Å². The molecule has 0 amide bonds. The van der Waals surface area contributed by atoms with Gasteiger partial charge < -0.3 is 4.57 Å². The fourth-order valence-electron chi connectivity index (χ4n) is 2.28. The zero-order valence-electron chi connectivity index (χ0n) is 14.1. The van der Waals surface area contributed by atoms with Gasteiger partial charge in [-0.15, -0.1) is 22.0 Å². The summed E-state index contributed by atoms with van der Waals surface area (Å²) < 4.78 is 2.03. The molecule has 0 aliphatic carbocycles. The van der Waals surface area contributed by atoms with E-state index in [1.807, 2.05) is 35.9 Å². The minimum absolute atomic E-state index is 0.709. The van der Waals surface area contributed by atoms with Crippen molar-refractivity contribution in [3.05, 3.63) is 71.0 Å². The van der Waals surface area contributed by atoms with Gasteiger partial charge in [0.1, 0.15) is 5.82 Å². The fourth-order valence-corrected chi connectivity index (χ4v) is 4.09. The first-order valence-electron chi connectivity index (χ1n) is 7.86. The van der Waals surface area contributed by atoms with Crippen molar-refractivity contribution in [1.82, 2.24) is 14.8 Å². The van der Waals surface area contributed by atoms with Crippen LogP contribution in [0.1, 0.15) is 22.5 Å². The third kappa shape index (κ3) is 4.44. The van der Waals surface area contributed by atoms with Crippen molar-refractivity contribution in [1.29, 1.82) is 5.26 Å². The number of hydrogen-bond acceptors (Lipinski definition) is 5. The van der Waals surface area contributed by atoms with Crippen LogP contribution in [0.3, 0.4) is 0 Å². The molecular formula is C19H18N4S2. The summed E-state index contributed by atoms with van der Waals surface area (Å²) in [5.41, 5.74) is 3.00. The quantitative estimate of drug-likeness (QED) is 0.598. The zero-order chi connectivity index (χ0) is 17.6. The smallest absolute Gasteiger partial charge is 0.191 e. The number of nitriles is 1. The second kappa shape index (κ2) is 8.24. The normalized spacial score (nSPS) is 10.6. The van der Waals surface area contributed by atoms with Crippen LogP contribution in [0.2, 0.25) is 0 Å². The number of thioether (sulfide) groups is 2. The lowest BCUT2D eigenvalue weighted by Gasteiger charge is -2.05. The maximum Gasteiger partial charge on any atom is 0.191 e. The minimum Gasteiger partial charge on any atom is -0.308 e. The average Bonchev–Trinajstić information content (AvgIpc) is 2.99. The van der Waals surface area contributed by atoms with Crippen LogP contribution in [0, 0.1) is 18.3 Å². The largest absolute Gasteiger partial charge is 0.308 e. The number of hydrogen-bond donors (Lipinski definition) is 0. The van der Waals surface area contributed by atoms with E-state index in [0.717, 1.165) is 22.3 Å². The Morgan fingerprint density at radius 3 is 2.52 bits per heavy atom. The Bertz CT molecular complexity index is 895. The first-order valence-corrected chi connectivity index (χ1v) is 9.83. The lowest BCUT2D eigenvalue weighted by molar-refractivity contribution is 0.761. The summed E-state index contributed by atoms with van der Waals surface area (Å²) in [5.74, 6) is 2.43. The standard InChI is InChI=1S/C19H18N4S2/c1-14-7-9-17(10-8-14)24-13-18-21-22-19(23(18)2)25-12-16-6-4-3-5-15(16)11-20/h3-10H,12-13H2,1-2H3. The van der Waals surface area contributed by atoms with Gasteiger partial charge in [-0.3, -0.25) is 0 Å². The highest BCUT2D eigenvalue weighted by molar-refractivity contribution is 7.98. The molecular weight excluding hydrogens is 348 g/mol. The summed E-state index contributed by atoms with van der Waals surface area (Å²) in [4.78, 5) is 1.23. The topological polar surface area (TPSA) is 54.5 Å². The summed E-state index contributed by atoms with van der Waals surface area (Å²) in [6.45, 7) is 2.09. The van der Waals surface area contributed by atoms with Crippen molar-refractivity contribution in [2.24, 2.45) is 7.05 Å². The molecule has 3 rings (SSSR count). The number of aromatic nitrogens is 3. The van der Waals surface area contributed by atoms with Crippen molar-refractivity contribution in [3.8, 4) is 6.07 Å². The molecule has 0 saturated carbocycles. The van der Waals surface area contributed by atoms with E-state index in [1.54, 1.807) is 23.5 Å². The van der Waals surface area contributed by atoms with Gasteiger partial charge in [-0.1, -0.05) is 47.7 Å². The van der Waals surface area contributed by atoms with Crippen molar-refractivity contribution in [2.75, 3.05) is 0 Å². The van der Waals surface area contributed by atoms with Gasteiger partial charge in [0.15, 0.2) is 5.16 Å².